The van der Waals surface area contributed by atoms with Gasteiger partial charge in [-0.25, -0.2) is 12.8 Å². The summed E-state index contributed by atoms with van der Waals surface area (Å²) in [7, 11) is -3.65. The molecular formula is C17H12Cl2F4N2O4S. The highest BCUT2D eigenvalue weighted by atomic mass is 35.5. The third-order valence-corrected chi connectivity index (χ3v) is 6.48. The summed E-state index contributed by atoms with van der Waals surface area (Å²) in [6.07, 6.45) is -4.65. The Kier molecular flexibility index (Phi) is 6.08. The number of nitrogens with one attached hydrogen (secondary N) is 1. The Bertz CT molecular complexity index is 1110. The molecule has 2 aromatic carbocycles. The number of hydrogen-bond acceptors (Lipinski definition) is 4. The van der Waals surface area contributed by atoms with E-state index in [-0.39, 0.29) is 28.7 Å². The van der Waals surface area contributed by atoms with Crippen molar-refractivity contribution in [2.24, 2.45) is 0 Å². The summed E-state index contributed by atoms with van der Waals surface area (Å²) in [5.74, 6) is -2.82. The van der Waals surface area contributed by atoms with Crippen LogP contribution in [0.1, 0.15) is 16.8 Å². The van der Waals surface area contributed by atoms with E-state index in [1.54, 1.807) is 0 Å². The van der Waals surface area contributed by atoms with Crippen molar-refractivity contribution >= 4 is 50.5 Å². The van der Waals surface area contributed by atoms with E-state index < -0.39 is 44.4 Å². The van der Waals surface area contributed by atoms with Crippen LogP contribution in [0.25, 0.3) is 0 Å². The quantitative estimate of drug-likeness (QED) is 0.628. The van der Waals surface area contributed by atoms with Crippen molar-refractivity contribution in [3.8, 4) is 5.75 Å². The normalized spacial score (nSPS) is 15.9. The van der Waals surface area contributed by atoms with Crippen molar-refractivity contribution in [2.75, 3.05) is 21.9 Å². The van der Waals surface area contributed by atoms with Crippen LogP contribution in [0.4, 0.5) is 28.9 Å². The van der Waals surface area contributed by atoms with Crippen LogP contribution in [-0.2, 0) is 10.0 Å². The van der Waals surface area contributed by atoms with Gasteiger partial charge in [0.05, 0.1) is 22.0 Å². The number of ether oxygens (including phenoxy) is 1. The maximum atomic E-state index is 14.3. The lowest BCUT2D eigenvalue weighted by atomic mass is 10.1. The number of alkyl halides is 3. The van der Waals surface area contributed by atoms with E-state index in [4.69, 9.17) is 23.2 Å². The summed E-state index contributed by atoms with van der Waals surface area (Å²) in [6, 6.07) is 4.85. The van der Waals surface area contributed by atoms with Crippen LogP contribution in [0, 0.1) is 5.82 Å². The smallest absolute Gasteiger partial charge is 0.406 e. The highest BCUT2D eigenvalue weighted by Crippen LogP contribution is 2.33. The molecule has 0 aliphatic carbocycles. The number of anilines is 2. The molecular weight excluding hydrogens is 475 g/mol. The molecule has 1 saturated heterocycles. The largest absolute Gasteiger partial charge is 0.573 e. The number of amides is 1. The zero-order valence-electron chi connectivity index (χ0n) is 14.8. The van der Waals surface area contributed by atoms with Crippen molar-refractivity contribution in [1.29, 1.82) is 0 Å². The number of carbonyl (C=O) groups excluding carboxylic acids is 1. The Morgan fingerprint density at radius 3 is 2.43 bits per heavy atom. The molecule has 0 atom stereocenters. The van der Waals surface area contributed by atoms with Crippen LogP contribution >= 0.6 is 23.2 Å². The third kappa shape index (κ3) is 5.08. The lowest BCUT2D eigenvalue weighted by molar-refractivity contribution is -0.274. The molecule has 1 amide bonds. The van der Waals surface area contributed by atoms with E-state index in [1.165, 1.54) is 0 Å². The van der Waals surface area contributed by atoms with E-state index in [1.807, 2.05) is 0 Å². The van der Waals surface area contributed by atoms with Gasteiger partial charge >= 0.3 is 6.36 Å². The minimum absolute atomic E-state index is 0.0910. The second-order valence-electron chi connectivity index (χ2n) is 6.21. The molecule has 30 heavy (non-hydrogen) atoms. The molecule has 6 nitrogen and oxygen atoms in total. The lowest BCUT2D eigenvalue weighted by Gasteiger charge is -2.19. The number of sulfonamides is 1. The van der Waals surface area contributed by atoms with E-state index in [9.17, 15) is 30.8 Å². The molecule has 13 heteroatoms. The third-order valence-electron chi connectivity index (χ3n) is 4.01. The number of rotatable bonds is 4. The number of benzene rings is 2. The molecule has 1 heterocycles. The second kappa shape index (κ2) is 8.12. The molecule has 0 spiro atoms. The average Bonchev–Trinajstić information content (AvgIpc) is 2.94. The molecule has 3 rings (SSSR count). The van der Waals surface area contributed by atoms with Gasteiger partial charge in [-0.2, -0.15) is 0 Å². The Balaban J connectivity index is 1.92. The van der Waals surface area contributed by atoms with Gasteiger partial charge in [-0.15, -0.1) is 13.2 Å². The van der Waals surface area contributed by atoms with Crippen molar-refractivity contribution in [1.82, 2.24) is 0 Å². The fraction of sp³-hybridized carbons (Fsp3) is 0.235. The first kappa shape index (κ1) is 22.4. The minimum Gasteiger partial charge on any atom is -0.406 e. The number of carbonyl (C=O) groups is 1. The molecule has 2 aromatic rings. The van der Waals surface area contributed by atoms with Crippen LogP contribution in [0.2, 0.25) is 10.0 Å². The first-order valence-electron chi connectivity index (χ1n) is 8.23. The standard InChI is InChI=1S/C17H12Cl2F4N2O4S/c18-9-4-10(6-12(5-9)29-17(21,22)23)24-16(26)13-7-11(8-14(20)15(13)19)25-2-1-3-30(25,27)28/h4-8H,1-3H2,(H,24,26). The second-order valence-corrected chi connectivity index (χ2v) is 9.04. The Morgan fingerprint density at radius 1 is 1.13 bits per heavy atom. The van der Waals surface area contributed by atoms with Gasteiger partial charge in [0.15, 0.2) is 0 Å². The lowest BCUT2D eigenvalue weighted by Crippen LogP contribution is -2.26. The topological polar surface area (TPSA) is 75.7 Å². The van der Waals surface area contributed by atoms with Crippen LogP contribution < -0.4 is 14.4 Å². The van der Waals surface area contributed by atoms with Crippen molar-refractivity contribution in [3.63, 3.8) is 0 Å². The van der Waals surface area contributed by atoms with Gasteiger partial charge in [0.2, 0.25) is 10.0 Å². The minimum atomic E-state index is -4.98. The Labute approximate surface area is 178 Å². The summed E-state index contributed by atoms with van der Waals surface area (Å²) in [5.41, 5.74) is -0.679. The van der Waals surface area contributed by atoms with Crippen LogP contribution in [0.15, 0.2) is 30.3 Å². The number of hydrogen-bond donors (Lipinski definition) is 1. The fourth-order valence-electron chi connectivity index (χ4n) is 2.84. The highest BCUT2D eigenvalue weighted by Gasteiger charge is 2.32. The van der Waals surface area contributed by atoms with Gasteiger partial charge in [0, 0.05) is 23.3 Å². The van der Waals surface area contributed by atoms with Crippen molar-refractivity contribution < 1.29 is 35.5 Å². The van der Waals surface area contributed by atoms with Gasteiger partial charge in [-0.3, -0.25) is 9.10 Å². The Morgan fingerprint density at radius 2 is 1.83 bits per heavy atom. The SMILES string of the molecule is O=C(Nc1cc(Cl)cc(OC(F)(F)F)c1)c1cc(N2CCCS2(=O)=O)cc(F)c1Cl. The maximum absolute atomic E-state index is 14.3. The van der Waals surface area contributed by atoms with E-state index >= 15 is 0 Å². The molecule has 0 saturated carbocycles. The highest BCUT2D eigenvalue weighted by molar-refractivity contribution is 7.93. The van der Waals surface area contributed by atoms with Crippen LogP contribution in [0.3, 0.4) is 0 Å². The molecule has 162 valence electrons. The van der Waals surface area contributed by atoms with Gasteiger partial charge in [-0.1, -0.05) is 23.2 Å². The summed E-state index contributed by atoms with van der Waals surface area (Å²) < 4.78 is 80.4. The number of halogens is 6. The summed E-state index contributed by atoms with van der Waals surface area (Å²) in [5, 5.41) is 1.49. The predicted molar refractivity (Wildman–Crippen MR) is 103 cm³/mol. The molecule has 1 aliphatic rings. The average molecular weight is 487 g/mol. The Hall–Kier alpha value is -2.24. The molecule has 0 unspecified atom stereocenters. The molecule has 1 aliphatic heterocycles. The number of nitrogens with zero attached hydrogens (tertiary/aromatic N) is 1. The van der Waals surface area contributed by atoms with E-state index in [0.29, 0.717) is 6.42 Å². The molecule has 1 fully saturated rings. The van der Waals surface area contributed by atoms with Crippen molar-refractivity contribution in [2.45, 2.75) is 12.8 Å². The predicted octanol–water partition coefficient (Wildman–Crippen LogP) is 4.82. The first-order valence-corrected chi connectivity index (χ1v) is 10.6. The first-order chi connectivity index (χ1) is 13.9. The van der Waals surface area contributed by atoms with Gasteiger partial charge in [-0.05, 0) is 30.7 Å². The van der Waals surface area contributed by atoms with E-state index in [2.05, 4.69) is 10.1 Å². The van der Waals surface area contributed by atoms with Gasteiger partial charge in [0.1, 0.15) is 11.6 Å². The van der Waals surface area contributed by atoms with Gasteiger partial charge in [0.25, 0.3) is 5.91 Å². The van der Waals surface area contributed by atoms with Gasteiger partial charge < -0.3 is 10.1 Å². The maximum Gasteiger partial charge on any atom is 0.573 e. The molecule has 1 N–H and O–H groups in total. The van der Waals surface area contributed by atoms with E-state index in [0.717, 1.165) is 34.6 Å². The zero-order valence-corrected chi connectivity index (χ0v) is 17.1. The van der Waals surface area contributed by atoms with Crippen LogP contribution in [-0.4, -0.2) is 33.0 Å². The monoisotopic (exact) mass is 486 g/mol. The van der Waals surface area contributed by atoms with Crippen LogP contribution in [0.5, 0.6) is 5.75 Å². The fourth-order valence-corrected chi connectivity index (χ4v) is 4.81. The van der Waals surface area contributed by atoms with Crippen molar-refractivity contribution in [3.05, 3.63) is 51.8 Å². The molecule has 0 bridgehead atoms. The summed E-state index contributed by atoms with van der Waals surface area (Å²) in [6.45, 7) is 0.108. The molecule has 0 aromatic heterocycles. The zero-order chi connectivity index (χ0) is 22.3. The molecule has 0 radical (unpaired) electrons. The summed E-state index contributed by atoms with van der Waals surface area (Å²) in [4.78, 5) is 12.6. The summed E-state index contributed by atoms with van der Waals surface area (Å²) >= 11 is 11.6.